The van der Waals surface area contributed by atoms with Crippen molar-refractivity contribution >= 4 is 17.7 Å². The molecule has 2 bridgehead atoms. The fraction of sp³-hybridized carbons (Fsp3) is 0.917. The molecule has 3 nitrogen and oxygen atoms in total. The van der Waals surface area contributed by atoms with Gasteiger partial charge >= 0.3 is 0 Å². The highest BCUT2D eigenvalue weighted by Gasteiger charge is 2.30. The van der Waals surface area contributed by atoms with Crippen LogP contribution in [0.15, 0.2) is 0 Å². The van der Waals surface area contributed by atoms with Crippen molar-refractivity contribution in [1.82, 2.24) is 10.2 Å². The molecule has 0 aromatic heterocycles. The van der Waals surface area contributed by atoms with Crippen molar-refractivity contribution in [2.24, 2.45) is 0 Å². The first kappa shape index (κ1) is 12.2. The Labute approximate surface area is 102 Å². The molecule has 16 heavy (non-hydrogen) atoms. The van der Waals surface area contributed by atoms with Crippen LogP contribution in [0.3, 0.4) is 0 Å². The van der Waals surface area contributed by atoms with Gasteiger partial charge in [-0.15, -0.1) is 0 Å². The second kappa shape index (κ2) is 5.92. The number of rotatable bonds is 4. The molecule has 2 rings (SSSR count). The third-order valence-corrected chi connectivity index (χ3v) is 4.31. The molecule has 2 atom stereocenters. The number of hydrogen-bond acceptors (Lipinski definition) is 3. The van der Waals surface area contributed by atoms with Gasteiger partial charge in [0.25, 0.3) is 0 Å². The summed E-state index contributed by atoms with van der Waals surface area (Å²) in [5.74, 6) is 1.47. The summed E-state index contributed by atoms with van der Waals surface area (Å²) < 4.78 is 0. The molecular formula is C12H22N2OS. The van der Waals surface area contributed by atoms with E-state index in [1.807, 2.05) is 11.8 Å². The molecule has 1 amide bonds. The summed E-state index contributed by atoms with van der Waals surface area (Å²) in [6.45, 7) is 1.90. The maximum atomic E-state index is 12.0. The van der Waals surface area contributed by atoms with Crippen LogP contribution in [-0.2, 0) is 4.79 Å². The van der Waals surface area contributed by atoms with E-state index in [0.29, 0.717) is 18.0 Å². The van der Waals surface area contributed by atoms with Crippen LogP contribution in [-0.4, -0.2) is 48.0 Å². The van der Waals surface area contributed by atoms with Crippen LogP contribution in [0.2, 0.25) is 0 Å². The van der Waals surface area contributed by atoms with E-state index < -0.39 is 0 Å². The van der Waals surface area contributed by atoms with Gasteiger partial charge in [0.05, 0.1) is 0 Å². The van der Waals surface area contributed by atoms with Gasteiger partial charge in [-0.2, -0.15) is 11.8 Å². The molecule has 0 aliphatic carbocycles. The highest BCUT2D eigenvalue weighted by molar-refractivity contribution is 7.98. The van der Waals surface area contributed by atoms with Gasteiger partial charge in [0.15, 0.2) is 0 Å². The number of amides is 1. The second-order valence-corrected chi connectivity index (χ2v) is 5.85. The summed E-state index contributed by atoms with van der Waals surface area (Å²) in [7, 11) is 0. The molecule has 0 aromatic carbocycles. The van der Waals surface area contributed by atoms with Crippen LogP contribution in [0.4, 0.5) is 0 Å². The van der Waals surface area contributed by atoms with Crippen molar-refractivity contribution < 1.29 is 4.79 Å². The predicted molar refractivity (Wildman–Crippen MR) is 68.8 cm³/mol. The summed E-state index contributed by atoms with van der Waals surface area (Å²) in [6, 6.07) is 1.24. The van der Waals surface area contributed by atoms with Gasteiger partial charge < -0.3 is 10.2 Å². The number of carbonyl (C=O) groups is 1. The number of carbonyl (C=O) groups excluding carboxylic acids is 1. The Morgan fingerprint density at radius 3 is 3.00 bits per heavy atom. The summed E-state index contributed by atoms with van der Waals surface area (Å²) >= 11 is 1.82. The molecular weight excluding hydrogens is 220 g/mol. The normalized spacial score (nSPS) is 29.2. The fourth-order valence-corrected chi connectivity index (χ4v) is 3.13. The first-order chi connectivity index (χ1) is 7.79. The number of nitrogens with zero attached hydrogens (tertiary/aromatic N) is 1. The van der Waals surface area contributed by atoms with Crippen LogP contribution in [0.5, 0.6) is 0 Å². The molecule has 0 saturated carbocycles. The van der Waals surface area contributed by atoms with Crippen molar-refractivity contribution in [3.05, 3.63) is 0 Å². The van der Waals surface area contributed by atoms with Crippen molar-refractivity contribution in [3.8, 4) is 0 Å². The molecule has 92 valence electrons. The van der Waals surface area contributed by atoms with Gasteiger partial charge in [0.1, 0.15) is 0 Å². The third-order valence-electron chi connectivity index (χ3n) is 3.62. The van der Waals surface area contributed by atoms with Gasteiger partial charge in [-0.3, -0.25) is 4.79 Å². The molecule has 2 saturated heterocycles. The Bertz CT molecular complexity index is 247. The minimum absolute atomic E-state index is 0.364. The zero-order chi connectivity index (χ0) is 11.4. The monoisotopic (exact) mass is 242 g/mol. The van der Waals surface area contributed by atoms with Crippen molar-refractivity contribution in [1.29, 1.82) is 0 Å². The quantitative estimate of drug-likeness (QED) is 0.758. The highest BCUT2D eigenvalue weighted by Crippen LogP contribution is 2.20. The maximum absolute atomic E-state index is 12.0. The molecule has 4 heteroatoms. The van der Waals surface area contributed by atoms with E-state index in [2.05, 4.69) is 16.5 Å². The van der Waals surface area contributed by atoms with Gasteiger partial charge in [0.2, 0.25) is 5.91 Å². The molecule has 0 spiro atoms. The molecule has 2 unspecified atom stereocenters. The average molecular weight is 242 g/mol. The smallest absolute Gasteiger partial charge is 0.222 e. The number of likely N-dealkylation sites (tertiary alicyclic amines) is 1. The van der Waals surface area contributed by atoms with E-state index in [0.717, 1.165) is 38.1 Å². The Hall–Kier alpha value is -0.220. The van der Waals surface area contributed by atoms with E-state index in [-0.39, 0.29) is 0 Å². The number of hydrogen-bond donors (Lipinski definition) is 1. The lowest BCUT2D eigenvalue weighted by Gasteiger charge is -2.24. The summed E-state index contributed by atoms with van der Waals surface area (Å²) in [6.07, 6.45) is 7.55. The topological polar surface area (TPSA) is 32.3 Å². The predicted octanol–water partition coefficient (Wildman–Crippen LogP) is 1.48. The van der Waals surface area contributed by atoms with Crippen molar-refractivity contribution in [2.75, 3.05) is 25.1 Å². The standard InChI is InChI=1S/C12H22N2OS/c1-16-8-2-3-12(15)14-7-6-10-4-5-11(9-14)13-10/h10-11,13H,2-9H2,1H3. The van der Waals surface area contributed by atoms with E-state index in [1.165, 1.54) is 12.8 Å². The Morgan fingerprint density at radius 2 is 2.19 bits per heavy atom. The first-order valence-electron chi connectivity index (χ1n) is 6.32. The van der Waals surface area contributed by atoms with Crippen LogP contribution in [0.1, 0.15) is 32.1 Å². The molecule has 1 N–H and O–H groups in total. The van der Waals surface area contributed by atoms with Crippen LogP contribution >= 0.6 is 11.8 Å². The number of fused-ring (bicyclic) bond motifs is 2. The Morgan fingerprint density at radius 1 is 1.38 bits per heavy atom. The van der Waals surface area contributed by atoms with E-state index in [1.54, 1.807) is 0 Å². The molecule has 0 aromatic rings. The van der Waals surface area contributed by atoms with E-state index in [9.17, 15) is 4.79 Å². The first-order valence-corrected chi connectivity index (χ1v) is 7.71. The molecule has 2 aliphatic rings. The largest absolute Gasteiger partial charge is 0.341 e. The van der Waals surface area contributed by atoms with Gasteiger partial charge in [-0.05, 0) is 37.7 Å². The van der Waals surface area contributed by atoms with Gasteiger partial charge in [-0.1, -0.05) is 0 Å². The lowest BCUT2D eigenvalue weighted by atomic mass is 10.1. The van der Waals surface area contributed by atoms with E-state index >= 15 is 0 Å². The lowest BCUT2D eigenvalue weighted by Crippen LogP contribution is -2.38. The second-order valence-electron chi connectivity index (χ2n) is 4.86. The number of nitrogens with one attached hydrogen (secondary N) is 1. The highest BCUT2D eigenvalue weighted by atomic mass is 32.2. The summed E-state index contributed by atoms with van der Waals surface area (Å²) in [5, 5.41) is 3.61. The summed E-state index contributed by atoms with van der Waals surface area (Å²) in [4.78, 5) is 14.1. The molecule has 2 fully saturated rings. The summed E-state index contributed by atoms with van der Waals surface area (Å²) in [5.41, 5.74) is 0. The zero-order valence-electron chi connectivity index (χ0n) is 10.1. The molecule has 0 radical (unpaired) electrons. The lowest BCUT2D eigenvalue weighted by molar-refractivity contribution is -0.131. The average Bonchev–Trinajstić information content (AvgIpc) is 2.58. The molecule has 2 heterocycles. The SMILES string of the molecule is CSCCCC(=O)N1CCC2CCC(C1)N2. The van der Waals surface area contributed by atoms with Crippen LogP contribution < -0.4 is 5.32 Å². The number of thioether (sulfide) groups is 1. The minimum atomic E-state index is 0.364. The van der Waals surface area contributed by atoms with Gasteiger partial charge in [-0.25, -0.2) is 0 Å². The van der Waals surface area contributed by atoms with Crippen molar-refractivity contribution in [3.63, 3.8) is 0 Å². The Balaban J connectivity index is 1.78. The molecule has 2 aliphatic heterocycles. The van der Waals surface area contributed by atoms with Crippen LogP contribution in [0.25, 0.3) is 0 Å². The zero-order valence-corrected chi connectivity index (χ0v) is 10.9. The van der Waals surface area contributed by atoms with Crippen molar-refractivity contribution in [2.45, 2.75) is 44.2 Å². The minimum Gasteiger partial charge on any atom is -0.341 e. The third kappa shape index (κ3) is 3.14. The Kier molecular flexibility index (Phi) is 4.53. The fourth-order valence-electron chi connectivity index (χ4n) is 2.70. The van der Waals surface area contributed by atoms with E-state index in [4.69, 9.17) is 0 Å². The van der Waals surface area contributed by atoms with Crippen LogP contribution in [0, 0.1) is 0 Å². The maximum Gasteiger partial charge on any atom is 0.222 e. The van der Waals surface area contributed by atoms with Gasteiger partial charge in [0, 0.05) is 31.6 Å².